The number of hydrogen-bond donors (Lipinski definition) is 1. The molecule has 0 unspecified atom stereocenters. The van der Waals surface area contributed by atoms with E-state index in [2.05, 4.69) is 54.4 Å². The summed E-state index contributed by atoms with van der Waals surface area (Å²) in [5, 5.41) is 9.58. The number of carbonyl (C=O) groups is 1. The van der Waals surface area contributed by atoms with E-state index in [1.807, 2.05) is 61.1 Å². The van der Waals surface area contributed by atoms with Gasteiger partial charge in [0.15, 0.2) is 0 Å². The normalized spacial score (nSPS) is 15.7. The number of aryl methyl sites for hydroxylation is 1. The maximum absolute atomic E-state index is 13.5. The third-order valence-electron chi connectivity index (χ3n) is 8.42. The molecule has 4 aromatic heterocycles. The van der Waals surface area contributed by atoms with Crippen LogP contribution in [0, 0.1) is 6.92 Å². The van der Waals surface area contributed by atoms with E-state index in [0.29, 0.717) is 42.1 Å². The summed E-state index contributed by atoms with van der Waals surface area (Å²) in [6, 6.07) is 10.4. The van der Waals surface area contributed by atoms with Crippen LogP contribution >= 0.6 is 0 Å². The van der Waals surface area contributed by atoms with Crippen LogP contribution in [0.3, 0.4) is 0 Å². The number of carbonyl (C=O) groups excluding carboxylic acids is 1. The smallest absolute Gasteiger partial charge is 0.274 e. The first kappa shape index (κ1) is 32.1. The van der Waals surface area contributed by atoms with Crippen LogP contribution in [0.25, 0.3) is 17.4 Å². The second-order valence-corrected chi connectivity index (χ2v) is 12.1. The Balaban J connectivity index is 1.29. The van der Waals surface area contributed by atoms with Crippen molar-refractivity contribution in [3.63, 3.8) is 0 Å². The van der Waals surface area contributed by atoms with Crippen LogP contribution < -0.4 is 20.6 Å². The van der Waals surface area contributed by atoms with Gasteiger partial charge in [-0.1, -0.05) is 32.6 Å². The van der Waals surface area contributed by atoms with Crippen LogP contribution in [0.5, 0.6) is 5.75 Å². The summed E-state index contributed by atoms with van der Waals surface area (Å²) in [6.45, 7) is 23.0. The highest BCUT2D eigenvalue weighted by molar-refractivity contribution is 5.98. The van der Waals surface area contributed by atoms with Crippen molar-refractivity contribution in [3.8, 4) is 5.75 Å². The fourth-order valence-electron chi connectivity index (χ4n) is 5.82. The van der Waals surface area contributed by atoms with E-state index in [9.17, 15) is 4.79 Å². The van der Waals surface area contributed by atoms with Gasteiger partial charge in [-0.2, -0.15) is 5.10 Å². The molecule has 5 rings (SSSR count). The second kappa shape index (κ2) is 14.2. The standard InChI is InChI=1S/C35H46N8O2/c1-8-29(34-26(7)39-43(31(34)9-2)23-27-11-10-12-30(37-27)24(3)4)38-35(44)32-22-36-33-21-28(13-14-42(32)33)45-20-19-40-15-17-41(18-16-40)25(5)6/h8-14,21-22,24-25H,1,15-20,23H2,2-7H3,(H,38,44)/b31-9+,34-29+. The van der Waals surface area contributed by atoms with E-state index in [4.69, 9.17) is 14.8 Å². The van der Waals surface area contributed by atoms with Gasteiger partial charge in [0.05, 0.1) is 35.2 Å². The second-order valence-electron chi connectivity index (χ2n) is 12.1. The van der Waals surface area contributed by atoms with Gasteiger partial charge in [0.2, 0.25) is 0 Å². The van der Waals surface area contributed by atoms with Gasteiger partial charge in [0.25, 0.3) is 5.91 Å². The molecule has 0 aliphatic carbocycles. The molecule has 1 N–H and O–H groups in total. The maximum Gasteiger partial charge on any atom is 0.274 e. The molecule has 1 aliphatic rings. The largest absolute Gasteiger partial charge is 0.492 e. The summed E-state index contributed by atoms with van der Waals surface area (Å²) in [4.78, 5) is 27.8. The lowest BCUT2D eigenvalue weighted by Crippen LogP contribution is -2.49. The summed E-state index contributed by atoms with van der Waals surface area (Å²) < 4.78 is 9.75. The minimum Gasteiger partial charge on any atom is -0.492 e. The van der Waals surface area contributed by atoms with Crippen molar-refractivity contribution in [2.24, 2.45) is 0 Å². The quantitative estimate of drug-likeness (QED) is 0.279. The first-order valence-electron chi connectivity index (χ1n) is 15.9. The molecule has 1 aliphatic heterocycles. The first-order valence-corrected chi connectivity index (χ1v) is 15.9. The molecule has 0 bridgehead atoms. The third-order valence-corrected chi connectivity index (χ3v) is 8.42. The van der Waals surface area contributed by atoms with Crippen molar-refractivity contribution in [3.05, 3.63) is 88.7 Å². The molecular weight excluding hydrogens is 564 g/mol. The zero-order valence-electron chi connectivity index (χ0n) is 27.5. The van der Waals surface area contributed by atoms with Crippen molar-refractivity contribution >= 4 is 23.3 Å². The van der Waals surface area contributed by atoms with E-state index >= 15 is 0 Å². The van der Waals surface area contributed by atoms with Crippen molar-refractivity contribution in [1.82, 2.24) is 39.3 Å². The number of piperazine rings is 1. The van der Waals surface area contributed by atoms with Crippen LogP contribution in [0.15, 0.2) is 55.4 Å². The highest BCUT2D eigenvalue weighted by atomic mass is 16.5. The molecule has 45 heavy (non-hydrogen) atoms. The zero-order chi connectivity index (χ0) is 32.1. The molecule has 0 saturated carbocycles. The maximum atomic E-state index is 13.5. The molecule has 4 aromatic rings. The first-order chi connectivity index (χ1) is 21.7. The predicted molar refractivity (Wildman–Crippen MR) is 179 cm³/mol. The summed E-state index contributed by atoms with van der Waals surface area (Å²) >= 11 is 0. The molecule has 1 amide bonds. The average molecular weight is 611 g/mol. The summed E-state index contributed by atoms with van der Waals surface area (Å²) in [5.41, 5.74) is 4.42. The Bertz CT molecular complexity index is 1780. The Morgan fingerprint density at radius 1 is 1.13 bits per heavy atom. The number of fused-ring (bicyclic) bond motifs is 1. The van der Waals surface area contributed by atoms with Crippen LogP contribution in [0.4, 0.5) is 0 Å². The zero-order valence-corrected chi connectivity index (χ0v) is 27.5. The molecule has 10 nitrogen and oxygen atoms in total. The van der Waals surface area contributed by atoms with Crippen molar-refractivity contribution in [2.75, 3.05) is 39.3 Å². The number of amides is 1. The van der Waals surface area contributed by atoms with E-state index in [-0.39, 0.29) is 5.91 Å². The minimum atomic E-state index is -0.285. The van der Waals surface area contributed by atoms with Gasteiger partial charge in [0.1, 0.15) is 23.7 Å². The topological polar surface area (TPSA) is 92.8 Å². The van der Waals surface area contributed by atoms with Gasteiger partial charge < -0.3 is 10.1 Å². The minimum absolute atomic E-state index is 0.285. The SMILES string of the molecule is C=C/C(NC(=O)c1cnc2cc(OCCN3CCN(C(C)C)CC3)ccn12)=c1/c(C)nn(Cc2cccc(C(C)C)n2)/c1=C/C. The lowest BCUT2D eigenvalue weighted by molar-refractivity contribution is 0.0965. The number of ether oxygens (including phenoxy) is 1. The number of rotatable bonds is 11. The molecule has 10 heteroatoms. The monoisotopic (exact) mass is 610 g/mol. The molecule has 5 heterocycles. The number of nitrogens with zero attached hydrogens (tertiary/aromatic N) is 7. The summed E-state index contributed by atoms with van der Waals surface area (Å²) in [5.74, 6) is 0.791. The lowest BCUT2D eigenvalue weighted by Gasteiger charge is -2.36. The molecule has 238 valence electrons. The van der Waals surface area contributed by atoms with Gasteiger partial charge >= 0.3 is 0 Å². The van der Waals surface area contributed by atoms with Crippen LogP contribution in [0.2, 0.25) is 0 Å². The van der Waals surface area contributed by atoms with Gasteiger partial charge in [-0.3, -0.25) is 28.7 Å². The Kier molecular flexibility index (Phi) is 10.1. The number of nitrogens with one attached hydrogen (secondary N) is 1. The number of pyridine rings is 2. The van der Waals surface area contributed by atoms with Crippen LogP contribution in [-0.2, 0) is 6.54 Å². The van der Waals surface area contributed by atoms with Gasteiger partial charge in [0, 0.05) is 61.9 Å². The third kappa shape index (κ3) is 7.34. The summed E-state index contributed by atoms with van der Waals surface area (Å²) in [6.07, 6.45) is 7.07. The predicted octanol–water partition coefficient (Wildman–Crippen LogP) is 3.34. The summed E-state index contributed by atoms with van der Waals surface area (Å²) in [7, 11) is 0. The molecular formula is C35H46N8O2. The Morgan fingerprint density at radius 3 is 2.60 bits per heavy atom. The number of imidazole rings is 1. The van der Waals surface area contributed by atoms with Gasteiger partial charge in [-0.05, 0) is 57.9 Å². The Labute approximate surface area is 265 Å². The van der Waals surface area contributed by atoms with Gasteiger partial charge in [-0.15, -0.1) is 0 Å². The lowest BCUT2D eigenvalue weighted by atomic mass is 10.1. The van der Waals surface area contributed by atoms with E-state index < -0.39 is 0 Å². The molecule has 1 fully saturated rings. The number of hydrogen-bond acceptors (Lipinski definition) is 7. The Morgan fingerprint density at radius 2 is 1.91 bits per heavy atom. The van der Waals surface area contributed by atoms with Crippen molar-refractivity contribution in [1.29, 1.82) is 0 Å². The van der Waals surface area contributed by atoms with Crippen molar-refractivity contribution < 1.29 is 9.53 Å². The highest BCUT2D eigenvalue weighted by Gasteiger charge is 2.19. The highest BCUT2D eigenvalue weighted by Crippen LogP contribution is 2.17. The molecule has 0 radical (unpaired) electrons. The number of aromatic nitrogens is 5. The van der Waals surface area contributed by atoms with Crippen LogP contribution in [0.1, 0.15) is 68.1 Å². The van der Waals surface area contributed by atoms with E-state index in [1.165, 1.54) is 0 Å². The van der Waals surface area contributed by atoms with E-state index in [0.717, 1.165) is 66.1 Å². The molecule has 0 atom stereocenters. The molecule has 1 saturated heterocycles. The van der Waals surface area contributed by atoms with E-state index in [1.54, 1.807) is 16.7 Å². The average Bonchev–Trinajstić information content (AvgIpc) is 3.59. The van der Waals surface area contributed by atoms with Crippen molar-refractivity contribution in [2.45, 2.75) is 60.0 Å². The fraction of sp³-hybridized carbons (Fsp3) is 0.429. The fourth-order valence-corrected chi connectivity index (χ4v) is 5.82. The van der Waals surface area contributed by atoms with Gasteiger partial charge in [-0.25, -0.2) is 4.98 Å². The molecule has 0 spiro atoms. The molecule has 0 aromatic carbocycles. The van der Waals surface area contributed by atoms with Crippen LogP contribution in [-0.4, -0.2) is 85.2 Å². The Hall–Kier alpha value is -4.28.